The molecule has 1 aliphatic heterocycles. The number of fused-ring (bicyclic) bond motifs is 1. The van der Waals surface area contributed by atoms with Gasteiger partial charge in [-0.1, -0.05) is 6.92 Å². The maximum Gasteiger partial charge on any atom is 0.213 e. The van der Waals surface area contributed by atoms with Crippen molar-refractivity contribution in [1.29, 1.82) is 0 Å². The first-order valence-electron chi connectivity index (χ1n) is 12.7. The van der Waals surface area contributed by atoms with E-state index in [2.05, 4.69) is 20.7 Å². The number of phenolic OH excluding ortho intramolecular Hbond substituents is 1. The highest BCUT2D eigenvalue weighted by molar-refractivity contribution is 6.06. The van der Waals surface area contributed by atoms with Crippen LogP contribution in [0.3, 0.4) is 0 Å². The third kappa shape index (κ3) is 5.12. The molecule has 0 unspecified atom stereocenters. The quantitative estimate of drug-likeness (QED) is 0.205. The third-order valence-electron chi connectivity index (χ3n) is 6.90. The second-order valence-corrected chi connectivity index (χ2v) is 9.52. The van der Waals surface area contributed by atoms with Crippen LogP contribution >= 0.6 is 0 Å². The predicted molar refractivity (Wildman–Crippen MR) is 147 cm³/mol. The third-order valence-corrected chi connectivity index (χ3v) is 6.90. The number of aromatic nitrogens is 3. The van der Waals surface area contributed by atoms with Gasteiger partial charge in [-0.15, -0.1) is 0 Å². The van der Waals surface area contributed by atoms with Crippen LogP contribution in [-0.2, 0) is 6.42 Å². The number of anilines is 1. The van der Waals surface area contributed by atoms with E-state index < -0.39 is 6.17 Å². The van der Waals surface area contributed by atoms with Crippen molar-refractivity contribution in [2.24, 2.45) is 10.7 Å². The van der Waals surface area contributed by atoms with Gasteiger partial charge >= 0.3 is 0 Å². The number of nitrogens with two attached hydrogens (primary N) is 1. The van der Waals surface area contributed by atoms with Crippen LogP contribution < -0.4 is 21.1 Å². The number of hydrogen-bond donors (Lipinski definition) is 4. The van der Waals surface area contributed by atoms with Crippen molar-refractivity contribution in [1.82, 2.24) is 19.9 Å². The van der Waals surface area contributed by atoms with Crippen LogP contribution in [-0.4, -0.2) is 58.0 Å². The molecule has 10 heteroatoms. The highest BCUT2D eigenvalue weighted by atomic mass is 19.1. The Bertz CT molecular complexity index is 1500. The number of nitrogens with zero attached hydrogens (tertiary/aromatic N) is 4. The minimum atomic E-state index is -0.849. The van der Waals surface area contributed by atoms with Gasteiger partial charge in [-0.05, 0) is 55.2 Å². The number of benzene rings is 1. The number of amidine groups is 1. The van der Waals surface area contributed by atoms with Crippen LogP contribution in [0.2, 0.25) is 0 Å². The average Bonchev–Trinajstić information content (AvgIpc) is 3.53. The van der Waals surface area contributed by atoms with Gasteiger partial charge < -0.3 is 26.2 Å². The van der Waals surface area contributed by atoms with E-state index in [9.17, 15) is 9.50 Å². The number of methoxy groups -OCH3 is 1. The van der Waals surface area contributed by atoms with Gasteiger partial charge in [0, 0.05) is 48.7 Å². The maximum atomic E-state index is 13.8. The summed E-state index contributed by atoms with van der Waals surface area (Å²) >= 11 is 0. The van der Waals surface area contributed by atoms with E-state index in [4.69, 9.17) is 15.5 Å². The summed E-state index contributed by atoms with van der Waals surface area (Å²) in [4.78, 5) is 9.06. The molecule has 4 heterocycles. The number of alkyl halides is 1. The van der Waals surface area contributed by atoms with Crippen LogP contribution in [0.4, 0.5) is 15.8 Å². The standard InChI is InChI=1S/C28H32FN7O2/c1-4-17-8-21(37)5-6-24(17)35-28(30)23-14-34-36-15-18(22-13-32-26(38-3)7-16(22)2)9-25(36)27(23)33-12-20-10-19(29)11-31-20/h5-9,13-15,19-20,31,33,37H,4,10-12H2,1-3H3,(H2,30,35)/t19-,20+/m1/s1. The molecular weight excluding hydrogens is 485 g/mol. The molecule has 5 rings (SSSR count). The number of aromatic hydroxyl groups is 1. The van der Waals surface area contributed by atoms with Crippen molar-refractivity contribution in [2.75, 3.05) is 25.5 Å². The maximum absolute atomic E-state index is 13.8. The normalized spacial score (nSPS) is 17.7. The number of phenols is 1. The molecule has 0 aliphatic carbocycles. The summed E-state index contributed by atoms with van der Waals surface area (Å²) in [6.07, 6.45) is 5.70. The Hall–Kier alpha value is -4.18. The van der Waals surface area contributed by atoms with E-state index in [0.29, 0.717) is 43.1 Å². The largest absolute Gasteiger partial charge is 0.508 e. The summed E-state index contributed by atoms with van der Waals surface area (Å²) in [5, 5.41) is 21.2. The van der Waals surface area contributed by atoms with Crippen LogP contribution in [0.25, 0.3) is 16.6 Å². The fraction of sp³-hybridized carbons (Fsp3) is 0.321. The molecule has 1 aliphatic rings. The zero-order valence-corrected chi connectivity index (χ0v) is 21.7. The first-order valence-corrected chi connectivity index (χ1v) is 12.7. The zero-order chi connectivity index (χ0) is 26.8. The molecule has 0 spiro atoms. The van der Waals surface area contributed by atoms with Gasteiger partial charge in [0.1, 0.15) is 17.8 Å². The Kier molecular flexibility index (Phi) is 7.15. The number of aliphatic imine (C=N–C) groups is 1. The molecular formula is C28H32FN7O2. The van der Waals surface area contributed by atoms with Crippen molar-refractivity contribution in [3.05, 3.63) is 65.6 Å². The van der Waals surface area contributed by atoms with Gasteiger partial charge in [0.25, 0.3) is 0 Å². The summed E-state index contributed by atoms with van der Waals surface area (Å²) in [5.74, 6) is 1.03. The highest BCUT2D eigenvalue weighted by Gasteiger charge is 2.24. The van der Waals surface area contributed by atoms with E-state index in [1.165, 1.54) is 0 Å². The lowest BCUT2D eigenvalue weighted by atomic mass is 10.1. The minimum absolute atomic E-state index is 0.00418. The first kappa shape index (κ1) is 25.5. The molecule has 2 atom stereocenters. The molecule has 1 aromatic carbocycles. The molecule has 0 radical (unpaired) electrons. The number of nitrogens with one attached hydrogen (secondary N) is 2. The lowest BCUT2D eigenvalue weighted by Gasteiger charge is -2.17. The molecule has 0 amide bonds. The minimum Gasteiger partial charge on any atom is -0.508 e. The second-order valence-electron chi connectivity index (χ2n) is 9.52. The topological polar surface area (TPSA) is 122 Å². The van der Waals surface area contributed by atoms with E-state index in [0.717, 1.165) is 33.5 Å². The summed E-state index contributed by atoms with van der Waals surface area (Å²) in [7, 11) is 1.59. The zero-order valence-electron chi connectivity index (χ0n) is 21.7. The van der Waals surface area contributed by atoms with Gasteiger partial charge in [-0.3, -0.25) is 0 Å². The SMILES string of the molecule is CCc1cc(O)ccc1/N=C(\N)c1cnn2cc(-c3cnc(OC)cc3C)cc2c1NC[C@@H]1C[C@@H](F)CN1. The number of rotatable bonds is 8. The number of halogens is 1. The van der Waals surface area contributed by atoms with Crippen molar-refractivity contribution in [3.63, 3.8) is 0 Å². The van der Waals surface area contributed by atoms with Crippen molar-refractivity contribution in [2.45, 2.75) is 38.9 Å². The number of hydrogen-bond acceptors (Lipinski definition) is 7. The summed E-state index contributed by atoms with van der Waals surface area (Å²) in [6, 6.07) is 8.95. The highest BCUT2D eigenvalue weighted by Crippen LogP contribution is 2.32. The van der Waals surface area contributed by atoms with Crippen LogP contribution in [0.1, 0.15) is 30.0 Å². The molecule has 38 heavy (non-hydrogen) atoms. The summed E-state index contributed by atoms with van der Waals surface area (Å²) in [5.41, 5.74) is 13.2. The predicted octanol–water partition coefficient (Wildman–Crippen LogP) is 4.13. The number of aryl methyl sites for hydroxylation is 2. The van der Waals surface area contributed by atoms with Gasteiger partial charge in [0.05, 0.1) is 35.8 Å². The monoisotopic (exact) mass is 517 g/mol. The smallest absolute Gasteiger partial charge is 0.213 e. The molecule has 9 nitrogen and oxygen atoms in total. The van der Waals surface area contributed by atoms with Crippen molar-refractivity contribution in [3.8, 4) is 22.8 Å². The van der Waals surface area contributed by atoms with E-state index in [-0.39, 0.29) is 17.6 Å². The second kappa shape index (κ2) is 10.7. The van der Waals surface area contributed by atoms with E-state index in [1.54, 1.807) is 42.2 Å². The molecule has 3 aromatic heterocycles. The van der Waals surface area contributed by atoms with E-state index in [1.807, 2.05) is 32.2 Å². The van der Waals surface area contributed by atoms with Gasteiger partial charge in [0.2, 0.25) is 5.88 Å². The molecule has 1 saturated heterocycles. The number of pyridine rings is 1. The fourth-order valence-electron chi connectivity index (χ4n) is 4.83. The lowest BCUT2D eigenvalue weighted by molar-refractivity contribution is 0.356. The Morgan fingerprint density at radius 3 is 2.87 bits per heavy atom. The first-order chi connectivity index (χ1) is 18.4. The Morgan fingerprint density at radius 2 is 2.16 bits per heavy atom. The van der Waals surface area contributed by atoms with Crippen molar-refractivity contribution < 1.29 is 14.2 Å². The Balaban J connectivity index is 1.59. The molecule has 1 fully saturated rings. The molecule has 4 aromatic rings. The van der Waals surface area contributed by atoms with Crippen molar-refractivity contribution >= 4 is 22.7 Å². The van der Waals surface area contributed by atoms with Crippen LogP contribution in [0.15, 0.2) is 53.9 Å². The summed E-state index contributed by atoms with van der Waals surface area (Å²) < 4.78 is 20.9. The molecule has 0 saturated carbocycles. The Labute approximate surface area is 220 Å². The van der Waals surface area contributed by atoms with Gasteiger partial charge in [0.15, 0.2) is 0 Å². The van der Waals surface area contributed by atoms with Gasteiger partial charge in [-0.25, -0.2) is 18.9 Å². The lowest BCUT2D eigenvalue weighted by Crippen LogP contribution is -2.30. The molecule has 0 bridgehead atoms. The average molecular weight is 518 g/mol. The van der Waals surface area contributed by atoms with Gasteiger partial charge in [-0.2, -0.15) is 5.10 Å². The van der Waals surface area contributed by atoms with Crippen LogP contribution in [0.5, 0.6) is 11.6 Å². The summed E-state index contributed by atoms with van der Waals surface area (Å²) in [6.45, 7) is 4.87. The molecule has 5 N–H and O–H groups in total. The van der Waals surface area contributed by atoms with E-state index >= 15 is 0 Å². The Morgan fingerprint density at radius 1 is 1.32 bits per heavy atom. The number of ether oxygens (including phenoxy) is 1. The van der Waals surface area contributed by atoms with Crippen LogP contribution in [0, 0.1) is 6.92 Å². The molecule has 198 valence electrons. The fourth-order valence-corrected chi connectivity index (χ4v) is 4.83.